The SMILES string of the molecule is Cc1ccccc1OCCC(C#N)c1cccc(Cl)c1. The fourth-order valence-electron chi connectivity index (χ4n) is 2.03. The highest BCUT2D eigenvalue weighted by Crippen LogP contribution is 2.23. The van der Waals surface area contributed by atoms with Gasteiger partial charge in [-0.15, -0.1) is 0 Å². The number of halogens is 1. The van der Waals surface area contributed by atoms with E-state index in [0.29, 0.717) is 18.1 Å². The molecule has 2 aromatic carbocycles. The van der Waals surface area contributed by atoms with Gasteiger partial charge in [-0.05, 0) is 36.2 Å². The van der Waals surface area contributed by atoms with Crippen molar-refractivity contribution in [1.82, 2.24) is 0 Å². The maximum atomic E-state index is 9.27. The largest absolute Gasteiger partial charge is 0.493 e. The molecule has 0 amide bonds. The molecule has 0 bridgehead atoms. The van der Waals surface area contributed by atoms with E-state index in [1.54, 1.807) is 0 Å². The van der Waals surface area contributed by atoms with Crippen molar-refractivity contribution in [2.75, 3.05) is 6.61 Å². The summed E-state index contributed by atoms with van der Waals surface area (Å²) in [6.07, 6.45) is 0.644. The van der Waals surface area contributed by atoms with Crippen LogP contribution in [0.2, 0.25) is 5.02 Å². The van der Waals surface area contributed by atoms with Gasteiger partial charge in [0.05, 0.1) is 18.6 Å². The molecule has 1 unspecified atom stereocenters. The van der Waals surface area contributed by atoms with Crippen LogP contribution in [0.3, 0.4) is 0 Å². The van der Waals surface area contributed by atoms with E-state index in [9.17, 15) is 5.26 Å². The minimum absolute atomic E-state index is 0.197. The molecule has 2 aromatic rings. The van der Waals surface area contributed by atoms with Crippen LogP contribution in [0.25, 0.3) is 0 Å². The molecule has 102 valence electrons. The minimum Gasteiger partial charge on any atom is -0.493 e. The maximum absolute atomic E-state index is 9.27. The van der Waals surface area contributed by atoms with Crippen molar-refractivity contribution < 1.29 is 4.74 Å². The fraction of sp³-hybridized carbons (Fsp3) is 0.235. The maximum Gasteiger partial charge on any atom is 0.122 e. The van der Waals surface area contributed by atoms with Gasteiger partial charge in [0.25, 0.3) is 0 Å². The third-order valence-electron chi connectivity index (χ3n) is 3.16. The Balaban J connectivity index is 1.96. The smallest absolute Gasteiger partial charge is 0.122 e. The van der Waals surface area contributed by atoms with E-state index in [4.69, 9.17) is 16.3 Å². The number of benzene rings is 2. The second-order valence-electron chi connectivity index (χ2n) is 4.64. The summed E-state index contributed by atoms with van der Waals surface area (Å²) in [6, 6.07) is 17.6. The molecule has 2 nitrogen and oxygen atoms in total. The second-order valence-corrected chi connectivity index (χ2v) is 5.08. The third-order valence-corrected chi connectivity index (χ3v) is 3.40. The van der Waals surface area contributed by atoms with E-state index in [-0.39, 0.29) is 5.92 Å². The van der Waals surface area contributed by atoms with Crippen LogP contribution in [0.5, 0.6) is 5.75 Å². The van der Waals surface area contributed by atoms with Crippen LogP contribution < -0.4 is 4.74 Å². The molecule has 0 saturated heterocycles. The summed E-state index contributed by atoms with van der Waals surface area (Å²) in [7, 11) is 0. The molecule has 2 rings (SSSR count). The van der Waals surface area contributed by atoms with E-state index in [1.165, 1.54) is 0 Å². The van der Waals surface area contributed by atoms with E-state index >= 15 is 0 Å². The van der Waals surface area contributed by atoms with Gasteiger partial charge >= 0.3 is 0 Å². The van der Waals surface area contributed by atoms with E-state index in [1.807, 2.05) is 55.5 Å². The van der Waals surface area contributed by atoms with Crippen LogP contribution in [-0.2, 0) is 0 Å². The quantitative estimate of drug-likeness (QED) is 0.796. The Bertz CT molecular complexity index is 618. The number of para-hydroxylation sites is 1. The second kappa shape index (κ2) is 6.98. The van der Waals surface area contributed by atoms with Crippen molar-refractivity contribution in [1.29, 1.82) is 5.26 Å². The lowest BCUT2D eigenvalue weighted by molar-refractivity contribution is 0.304. The number of nitrogens with zero attached hydrogens (tertiary/aromatic N) is 1. The van der Waals surface area contributed by atoms with Crippen LogP contribution in [0.15, 0.2) is 48.5 Å². The summed E-state index contributed by atoms with van der Waals surface area (Å²) in [5, 5.41) is 9.93. The fourth-order valence-corrected chi connectivity index (χ4v) is 2.23. The van der Waals surface area contributed by atoms with Crippen LogP contribution in [0.4, 0.5) is 0 Å². The summed E-state index contributed by atoms with van der Waals surface area (Å²) in [4.78, 5) is 0. The molecule has 0 heterocycles. The molecular weight excluding hydrogens is 270 g/mol. The molecule has 20 heavy (non-hydrogen) atoms. The van der Waals surface area contributed by atoms with Gasteiger partial charge in [0.2, 0.25) is 0 Å². The number of rotatable bonds is 5. The van der Waals surface area contributed by atoms with E-state index in [0.717, 1.165) is 16.9 Å². The van der Waals surface area contributed by atoms with E-state index < -0.39 is 0 Å². The molecular formula is C17H16ClNO. The Morgan fingerprint density at radius 2 is 2.00 bits per heavy atom. The van der Waals surface area contributed by atoms with Gasteiger partial charge in [-0.2, -0.15) is 5.26 Å². The predicted molar refractivity (Wildman–Crippen MR) is 81.1 cm³/mol. The lowest BCUT2D eigenvalue weighted by Gasteiger charge is -2.12. The molecule has 3 heteroatoms. The lowest BCUT2D eigenvalue weighted by atomic mass is 9.98. The van der Waals surface area contributed by atoms with E-state index in [2.05, 4.69) is 6.07 Å². The molecule has 0 aromatic heterocycles. The Labute approximate surface area is 124 Å². The van der Waals surface area contributed by atoms with Gasteiger partial charge < -0.3 is 4.74 Å². The first-order valence-corrected chi connectivity index (χ1v) is 6.92. The van der Waals surface area contributed by atoms with Crippen LogP contribution in [-0.4, -0.2) is 6.61 Å². The molecule has 0 aliphatic heterocycles. The summed E-state index contributed by atoms with van der Waals surface area (Å²) in [5.41, 5.74) is 2.04. The van der Waals surface area contributed by atoms with Gasteiger partial charge in [0.1, 0.15) is 5.75 Å². The Kier molecular flexibility index (Phi) is 5.03. The molecule has 1 atom stereocenters. The topological polar surface area (TPSA) is 33.0 Å². The monoisotopic (exact) mass is 285 g/mol. The molecule has 0 aliphatic carbocycles. The Hall–Kier alpha value is -1.98. The first-order chi connectivity index (χ1) is 9.70. The number of hydrogen-bond donors (Lipinski definition) is 0. The van der Waals surface area contributed by atoms with Crippen LogP contribution in [0, 0.1) is 18.3 Å². The normalized spacial score (nSPS) is 11.7. The number of ether oxygens (including phenoxy) is 1. The van der Waals surface area contributed by atoms with Crippen molar-refractivity contribution in [2.45, 2.75) is 19.3 Å². The average molecular weight is 286 g/mol. The zero-order valence-electron chi connectivity index (χ0n) is 11.3. The zero-order valence-corrected chi connectivity index (χ0v) is 12.1. The van der Waals surface area contributed by atoms with Gasteiger partial charge in [-0.3, -0.25) is 0 Å². The summed E-state index contributed by atoms with van der Waals surface area (Å²) < 4.78 is 5.74. The number of aryl methyl sites for hydroxylation is 1. The van der Waals surface area contributed by atoms with Crippen molar-refractivity contribution in [3.05, 3.63) is 64.7 Å². The molecule has 0 saturated carbocycles. The highest BCUT2D eigenvalue weighted by Gasteiger charge is 2.11. The van der Waals surface area contributed by atoms with Crippen molar-refractivity contribution in [2.24, 2.45) is 0 Å². The first-order valence-electron chi connectivity index (χ1n) is 6.54. The van der Waals surface area contributed by atoms with Crippen molar-refractivity contribution >= 4 is 11.6 Å². The molecule has 0 fully saturated rings. The van der Waals surface area contributed by atoms with Crippen LogP contribution in [0.1, 0.15) is 23.5 Å². The number of nitriles is 1. The summed E-state index contributed by atoms with van der Waals surface area (Å²) >= 11 is 5.96. The Morgan fingerprint density at radius 3 is 2.70 bits per heavy atom. The first kappa shape index (κ1) is 14.4. The van der Waals surface area contributed by atoms with Gasteiger partial charge in [0, 0.05) is 11.4 Å². The standard InChI is InChI=1S/C17H16ClNO/c1-13-5-2-3-8-17(13)20-10-9-15(12-19)14-6-4-7-16(18)11-14/h2-8,11,15H,9-10H2,1H3. The van der Waals surface area contributed by atoms with Gasteiger partial charge in [-0.1, -0.05) is 41.9 Å². The summed E-state index contributed by atoms with van der Waals surface area (Å²) in [6.45, 7) is 2.52. The molecule has 0 aliphatic rings. The highest BCUT2D eigenvalue weighted by atomic mass is 35.5. The summed E-state index contributed by atoms with van der Waals surface area (Å²) in [5.74, 6) is 0.674. The zero-order chi connectivity index (χ0) is 14.4. The Morgan fingerprint density at radius 1 is 1.20 bits per heavy atom. The van der Waals surface area contributed by atoms with Crippen molar-refractivity contribution in [3.63, 3.8) is 0 Å². The highest BCUT2D eigenvalue weighted by molar-refractivity contribution is 6.30. The predicted octanol–water partition coefficient (Wildman–Crippen LogP) is 4.72. The third kappa shape index (κ3) is 3.76. The van der Waals surface area contributed by atoms with Gasteiger partial charge in [-0.25, -0.2) is 0 Å². The van der Waals surface area contributed by atoms with Gasteiger partial charge in [0.15, 0.2) is 0 Å². The van der Waals surface area contributed by atoms with Crippen LogP contribution >= 0.6 is 11.6 Å². The van der Waals surface area contributed by atoms with Crippen molar-refractivity contribution in [3.8, 4) is 11.8 Å². The minimum atomic E-state index is -0.197. The molecule has 0 spiro atoms. The number of hydrogen-bond acceptors (Lipinski definition) is 2. The average Bonchev–Trinajstić information content (AvgIpc) is 2.45. The molecule has 0 N–H and O–H groups in total. The molecule has 0 radical (unpaired) electrons. The lowest BCUT2D eigenvalue weighted by Crippen LogP contribution is -2.05.